The summed E-state index contributed by atoms with van der Waals surface area (Å²) in [5, 5.41) is 3.26. The topological polar surface area (TPSA) is 37.8 Å². The molecule has 13 heavy (non-hydrogen) atoms. The predicted octanol–water partition coefficient (Wildman–Crippen LogP) is 1.95. The van der Waals surface area contributed by atoms with Gasteiger partial charge in [-0.25, -0.2) is 9.97 Å². The zero-order valence-corrected chi connectivity index (χ0v) is 8.90. The summed E-state index contributed by atoms with van der Waals surface area (Å²) in [4.78, 5) is 8.27. The fourth-order valence-electron chi connectivity index (χ4n) is 0.988. The number of nitrogens with zero attached hydrogens (tertiary/aromatic N) is 2. The van der Waals surface area contributed by atoms with E-state index < -0.39 is 0 Å². The van der Waals surface area contributed by atoms with Crippen LogP contribution in [-0.2, 0) is 0 Å². The van der Waals surface area contributed by atoms with Crippen LogP contribution in [0.5, 0.6) is 0 Å². The Morgan fingerprint density at radius 2 is 2.38 bits per heavy atom. The molecule has 0 unspecified atom stereocenters. The Balaban J connectivity index is 2.28. The van der Waals surface area contributed by atoms with Crippen molar-refractivity contribution in [2.75, 3.05) is 23.9 Å². The summed E-state index contributed by atoms with van der Waals surface area (Å²) in [6, 6.07) is 1.89. The van der Waals surface area contributed by atoms with Crippen molar-refractivity contribution in [2.45, 2.75) is 13.3 Å². The molecule has 1 aromatic heterocycles. The standard InChI is InChI=1S/C9H15N3S/c1-8-10-6-4-9(12-8)11-5-3-7-13-2/h4,6H,3,5,7H2,1-2H3,(H,10,11,12). The van der Waals surface area contributed by atoms with E-state index in [0.717, 1.165) is 18.2 Å². The van der Waals surface area contributed by atoms with Gasteiger partial charge in [-0.3, -0.25) is 0 Å². The van der Waals surface area contributed by atoms with Crippen LogP contribution in [0.1, 0.15) is 12.2 Å². The summed E-state index contributed by atoms with van der Waals surface area (Å²) < 4.78 is 0. The summed E-state index contributed by atoms with van der Waals surface area (Å²) in [7, 11) is 0. The first-order valence-corrected chi connectivity index (χ1v) is 5.75. The van der Waals surface area contributed by atoms with Gasteiger partial charge in [-0.2, -0.15) is 11.8 Å². The summed E-state index contributed by atoms with van der Waals surface area (Å²) in [5.41, 5.74) is 0. The van der Waals surface area contributed by atoms with Gasteiger partial charge in [-0.15, -0.1) is 0 Å². The largest absolute Gasteiger partial charge is 0.370 e. The predicted molar refractivity (Wildman–Crippen MR) is 58.3 cm³/mol. The highest BCUT2D eigenvalue weighted by molar-refractivity contribution is 7.98. The highest BCUT2D eigenvalue weighted by Crippen LogP contribution is 2.02. The van der Waals surface area contributed by atoms with E-state index in [1.807, 2.05) is 24.8 Å². The van der Waals surface area contributed by atoms with Crippen LogP contribution >= 0.6 is 11.8 Å². The third-order valence-corrected chi connectivity index (χ3v) is 2.30. The number of anilines is 1. The number of nitrogens with one attached hydrogen (secondary N) is 1. The molecule has 1 N–H and O–H groups in total. The van der Waals surface area contributed by atoms with E-state index in [9.17, 15) is 0 Å². The second kappa shape index (κ2) is 5.80. The monoisotopic (exact) mass is 197 g/mol. The minimum Gasteiger partial charge on any atom is -0.370 e. The zero-order valence-electron chi connectivity index (χ0n) is 8.08. The maximum absolute atomic E-state index is 4.24. The van der Waals surface area contributed by atoms with Crippen molar-refractivity contribution < 1.29 is 0 Å². The summed E-state index contributed by atoms with van der Waals surface area (Å²) >= 11 is 1.87. The zero-order chi connectivity index (χ0) is 9.52. The second-order valence-electron chi connectivity index (χ2n) is 2.76. The molecule has 0 aromatic carbocycles. The third kappa shape index (κ3) is 4.12. The average molecular weight is 197 g/mol. The number of thioether (sulfide) groups is 1. The van der Waals surface area contributed by atoms with E-state index in [0.29, 0.717) is 0 Å². The van der Waals surface area contributed by atoms with Crippen LogP contribution in [0.15, 0.2) is 12.3 Å². The lowest BCUT2D eigenvalue weighted by Crippen LogP contribution is -2.05. The van der Waals surface area contributed by atoms with Crippen LogP contribution in [0.3, 0.4) is 0 Å². The van der Waals surface area contributed by atoms with Crippen LogP contribution in [0, 0.1) is 6.92 Å². The van der Waals surface area contributed by atoms with Crippen molar-refractivity contribution >= 4 is 17.6 Å². The lowest BCUT2D eigenvalue weighted by Gasteiger charge is -2.04. The Morgan fingerprint density at radius 1 is 1.54 bits per heavy atom. The molecule has 72 valence electrons. The third-order valence-electron chi connectivity index (χ3n) is 1.61. The molecule has 0 amide bonds. The van der Waals surface area contributed by atoms with Gasteiger partial charge in [-0.05, 0) is 31.4 Å². The summed E-state index contributed by atoms with van der Waals surface area (Å²) in [5.74, 6) is 2.93. The number of aryl methyl sites for hydroxylation is 1. The molecule has 1 aromatic rings. The van der Waals surface area contributed by atoms with Gasteiger partial charge in [0.15, 0.2) is 0 Å². The molecule has 0 radical (unpaired) electrons. The Bertz CT molecular complexity index is 252. The summed E-state index contributed by atoms with van der Waals surface area (Å²) in [6.07, 6.45) is 5.07. The molecule has 1 heterocycles. The van der Waals surface area contributed by atoms with Gasteiger partial charge in [0.1, 0.15) is 11.6 Å². The Hall–Kier alpha value is -0.770. The minimum atomic E-state index is 0.815. The molecule has 0 saturated heterocycles. The first-order valence-electron chi connectivity index (χ1n) is 4.35. The van der Waals surface area contributed by atoms with Crippen molar-refractivity contribution in [2.24, 2.45) is 0 Å². The van der Waals surface area contributed by atoms with Gasteiger partial charge in [0.25, 0.3) is 0 Å². The first-order chi connectivity index (χ1) is 6.33. The lowest BCUT2D eigenvalue weighted by molar-refractivity contribution is 0.964. The summed E-state index contributed by atoms with van der Waals surface area (Å²) in [6.45, 7) is 2.88. The maximum atomic E-state index is 4.24. The van der Waals surface area contributed by atoms with Crippen LogP contribution in [0.25, 0.3) is 0 Å². The Labute approximate surface area is 83.4 Å². The molecule has 0 aliphatic carbocycles. The van der Waals surface area contributed by atoms with Crippen molar-refractivity contribution in [1.29, 1.82) is 0 Å². The SMILES string of the molecule is CSCCCNc1ccnc(C)n1. The van der Waals surface area contributed by atoms with E-state index in [1.54, 1.807) is 6.20 Å². The first kappa shape index (κ1) is 10.3. The quantitative estimate of drug-likeness (QED) is 0.732. The highest BCUT2D eigenvalue weighted by atomic mass is 32.2. The van der Waals surface area contributed by atoms with E-state index in [-0.39, 0.29) is 0 Å². The molecule has 1 rings (SSSR count). The van der Waals surface area contributed by atoms with Gasteiger partial charge in [0.2, 0.25) is 0 Å². The number of hydrogen-bond acceptors (Lipinski definition) is 4. The van der Waals surface area contributed by atoms with Crippen LogP contribution in [0.2, 0.25) is 0 Å². The van der Waals surface area contributed by atoms with Crippen LogP contribution in [0.4, 0.5) is 5.82 Å². The van der Waals surface area contributed by atoms with Gasteiger partial charge in [0, 0.05) is 12.7 Å². The normalized spacial score (nSPS) is 10.0. The lowest BCUT2D eigenvalue weighted by atomic mass is 10.4. The van der Waals surface area contributed by atoms with Gasteiger partial charge >= 0.3 is 0 Å². The molecular formula is C9H15N3S. The number of hydrogen-bond donors (Lipinski definition) is 1. The molecule has 0 bridgehead atoms. The highest BCUT2D eigenvalue weighted by Gasteiger charge is 1.93. The molecule has 0 aliphatic rings. The van der Waals surface area contributed by atoms with Gasteiger partial charge < -0.3 is 5.32 Å². The maximum Gasteiger partial charge on any atom is 0.129 e. The number of rotatable bonds is 5. The van der Waals surface area contributed by atoms with Gasteiger partial charge in [0.05, 0.1) is 0 Å². The van der Waals surface area contributed by atoms with E-state index in [1.165, 1.54) is 12.2 Å². The van der Waals surface area contributed by atoms with Gasteiger partial charge in [-0.1, -0.05) is 0 Å². The number of aromatic nitrogens is 2. The minimum absolute atomic E-state index is 0.815. The molecule has 0 atom stereocenters. The molecule has 0 fully saturated rings. The van der Waals surface area contributed by atoms with E-state index >= 15 is 0 Å². The van der Waals surface area contributed by atoms with E-state index in [2.05, 4.69) is 21.5 Å². The second-order valence-corrected chi connectivity index (χ2v) is 3.75. The average Bonchev–Trinajstić information content (AvgIpc) is 2.13. The van der Waals surface area contributed by atoms with Crippen LogP contribution in [-0.4, -0.2) is 28.5 Å². The van der Waals surface area contributed by atoms with Crippen molar-refractivity contribution in [3.8, 4) is 0 Å². The van der Waals surface area contributed by atoms with E-state index in [4.69, 9.17) is 0 Å². The van der Waals surface area contributed by atoms with Crippen LogP contribution < -0.4 is 5.32 Å². The molecule has 0 spiro atoms. The molecule has 3 nitrogen and oxygen atoms in total. The molecule has 0 saturated carbocycles. The molecule has 0 aliphatic heterocycles. The van der Waals surface area contributed by atoms with Crippen molar-refractivity contribution in [3.05, 3.63) is 18.1 Å². The fraction of sp³-hybridized carbons (Fsp3) is 0.556. The van der Waals surface area contributed by atoms with Crippen molar-refractivity contribution in [1.82, 2.24) is 9.97 Å². The molecule has 4 heteroatoms. The van der Waals surface area contributed by atoms with Crippen molar-refractivity contribution in [3.63, 3.8) is 0 Å². The fourth-order valence-corrected chi connectivity index (χ4v) is 1.42. The Kier molecular flexibility index (Phi) is 4.60. The Morgan fingerprint density at radius 3 is 3.08 bits per heavy atom. The molecular weight excluding hydrogens is 182 g/mol. The smallest absolute Gasteiger partial charge is 0.129 e.